The molecule has 2 aromatic rings. The Morgan fingerprint density at radius 3 is 2.36 bits per heavy atom. The number of amides is 2. The van der Waals surface area contributed by atoms with E-state index >= 15 is 0 Å². The summed E-state index contributed by atoms with van der Waals surface area (Å²) in [6.07, 6.45) is 4.69. The molecule has 2 amide bonds. The van der Waals surface area contributed by atoms with E-state index < -0.39 is 0 Å². The highest BCUT2D eigenvalue weighted by Crippen LogP contribution is 2.21. The van der Waals surface area contributed by atoms with Gasteiger partial charge in [0.05, 0.1) is 21.8 Å². The molecule has 1 aromatic heterocycles. The van der Waals surface area contributed by atoms with E-state index in [0.717, 1.165) is 12.8 Å². The van der Waals surface area contributed by atoms with Crippen LogP contribution >= 0.6 is 11.6 Å². The van der Waals surface area contributed by atoms with Gasteiger partial charge in [-0.1, -0.05) is 37.6 Å². The molecule has 0 aliphatic carbocycles. The smallest absolute Gasteiger partial charge is 0.257 e. The number of nitrogens with zero attached hydrogens (tertiary/aromatic N) is 2. The molecule has 1 N–H and O–H groups in total. The zero-order valence-corrected chi connectivity index (χ0v) is 15.2. The number of hydrogen-bond acceptors (Lipinski definition) is 3. The van der Waals surface area contributed by atoms with Gasteiger partial charge in [-0.3, -0.25) is 14.6 Å². The van der Waals surface area contributed by atoms with Crippen molar-refractivity contribution >= 4 is 29.1 Å². The molecule has 1 aromatic carbocycles. The third-order valence-electron chi connectivity index (χ3n) is 3.64. The number of halogens is 1. The van der Waals surface area contributed by atoms with Crippen LogP contribution in [0.2, 0.25) is 5.02 Å². The second-order valence-electron chi connectivity index (χ2n) is 5.69. The molecule has 132 valence electrons. The van der Waals surface area contributed by atoms with Gasteiger partial charge in [0, 0.05) is 25.5 Å². The summed E-state index contributed by atoms with van der Waals surface area (Å²) < 4.78 is 0. The number of aromatic nitrogens is 1. The summed E-state index contributed by atoms with van der Waals surface area (Å²) in [5.74, 6) is -0.462. The van der Waals surface area contributed by atoms with Crippen molar-refractivity contribution in [2.45, 2.75) is 26.7 Å². The lowest BCUT2D eigenvalue weighted by Crippen LogP contribution is -2.32. The molecule has 0 unspecified atom stereocenters. The maximum atomic E-state index is 12.6. The van der Waals surface area contributed by atoms with Crippen molar-refractivity contribution < 1.29 is 9.59 Å². The van der Waals surface area contributed by atoms with Crippen molar-refractivity contribution in [2.75, 3.05) is 18.4 Å². The van der Waals surface area contributed by atoms with Crippen LogP contribution in [0.15, 0.2) is 42.7 Å². The minimum atomic E-state index is -0.354. The van der Waals surface area contributed by atoms with Crippen LogP contribution in [0, 0.1) is 0 Å². The fourth-order valence-corrected chi connectivity index (χ4v) is 2.66. The van der Waals surface area contributed by atoms with E-state index in [0.29, 0.717) is 34.9 Å². The van der Waals surface area contributed by atoms with Gasteiger partial charge in [-0.05, 0) is 31.0 Å². The lowest BCUT2D eigenvalue weighted by molar-refractivity contribution is 0.0755. The maximum Gasteiger partial charge on any atom is 0.257 e. The molecule has 25 heavy (non-hydrogen) atoms. The molecule has 2 rings (SSSR count). The van der Waals surface area contributed by atoms with E-state index in [1.165, 1.54) is 12.4 Å². The third kappa shape index (κ3) is 5.03. The SMILES string of the molecule is CCCN(CCC)C(=O)c1cncc(C(=O)Nc2ccccc2Cl)c1. The molecule has 0 saturated heterocycles. The largest absolute Gasteiger partial charge is 0.339 e. The first kappa shape index (κ1) is 18.9. The van der Waals surface area contributed by atoms with E-state index in [2.05, 4.69) is 10.3 Å². The second kappa shape index (κ2) is 9.18. The topological polar surface area (TPSA) is 62.3 Å². The average Bonchev–Trinajstić information content (AvgIpc) is 2.63. The van der Waals surface area contributed by atoms with Crippen LogP contribution < -0.4 is 5.32 Å². The number of hydrogen-bond donors (Lipinski definition) is 1. The number of carbonyl (C=O) groups excluding carboxylic acids is 2. The van der Waals surface area contributed by atoms with Crippen LogP contribution in [-0.2, 0) is 0 Å². The van der Waals surface area contributed by atoms with Crippen molar-refractivity contribution in [1.29, 1.82) is 0 Å². The summed E-state index contributed by atoms with van der Waals surface area (Å²) in [6.45, 7) is 5.43. The zero-order chi connectivity index (χ0) is 18.2. The number of pyridine rings is 1. The van der Waals surface area contributed by atoms with E-state index in [1.807, 2.05) is 13.8 Å². The average molecular weight is 360 g/mol. The van der Waals surface area contributed by atoms with Crippen molar-refractivity contribution in [3.63, 3.8) is 0 Å². The first-order valence-electron chi connectivity index (χ1n) is 8.37. The molecule has 5 nitrogen and oxygen atoms in total. The van der Waals surface area contributed by atoms with Crippen molar-refractivity contribution in [1.82, 2.24) is 9.88 Å². The molecule has 0 aliphatic rings. The Bertz CT molecular complexity index is 743. The van der Waals surface area contributed by atoms with Crippen molar-refractivity contribution in [2.24, 2.45) is 0 Å². The van der Waals surface area contributed by atoms with Gasteiger partial charge in [0.1, 0.15) is 0 Å². The molecular weight excluding hydrogens is 338 g/mol. The van der Waals surface area contributed by atoms with E-state index in [-0.39, 0.29) is 11.8 Å². The van der Waals surface area contributed by atoms with Gasteiger partial charge in [-0.2, -0.15) is 0 Å². The summed E-state index contributed by atoms with van der Waals surface area (Å²) in [4.78, 5) is 30.9. The highest BCUT2D eigenvalue weighted by molar-refractivity contribution is 6.33. The highest BCUT2D eigenvalue weighted by atomic mass is 35.5. The van der Waals surface area contributed by atoms with E-state index in [1.54, 1.807) is 35.2 Å². The molecular formula is C19H22ClN3O2. The Balaban J connectivity index is 2.18. The number of carbonyl (C=O) groups is 2. The molecule has 1 heterocycles. The Morgan fingerprint density at radius 2 is 1.72 bits per heavy atom. The minimum Gasteiger partial charge on any atom is -0.339 e. The molecule has 0 aliphatic heterocycles. The monoisotopic (exact) mass is 359 g/mol. The predicted octanol–water partition coefficient (Wildman–Crippen LogP) is 4.25. The third-order valence-corrected chi connectivity index (χ3v) is 3.97. The lowest BCUT2D eigenvalue weighted by atomic mass is 10.1. The van der Waals surface area contributed by atoms with Crippen LogP contribution in [0.25, 0.3) is 0 Å². The maximum absolute atomic E-state index is 12.6. The van der Waals surface area contributed by atoms with Gasteiger partial charge in [-0.25, -0.2) is 0 Å². The Morgan fingerprint density at radius 1 is 1.08 bits per heavy atom. The van der Waals surface area contributed by atoms with E-state index in [4.69, 9.17) is 11.6 Å². The van der Waals surface area contributed by atoms with Gasteiger partial charge >= 0.3 is 0 Å². The first-order chi connectivity index (χ1) is 12.1. The van der Waals surface area contributed by atoms with Crippen molar-refractivity contribution in [3.8, 4) is 0 Å². The Labute approximate surface area is 153 Å². The van der Waals surface area contributed by atoms with Crippen LogP contribution in [0.5, 0.6) is 0 Å². The standard InChI is InChI=1S/C19H22ClN3O2/c1-3-9-23(10-4-2)19(25)15-11-14(12-21-13-15)18(24)22-17-8-6-5-7-16(17)20/h5-8,11-13H,3-4,9-10H2,1-2H3,(H,22,24). The van der Waals surface area contributed by atoms with Crippen LogP contribution in [-0.4, -0.2) is 34.8 Å². The number of nitrogens with one attached hydrogen (secondary N) is 1. The number of anilines is 1. The molecule has 6 heteroatoms. The zero-order valence-electron chi connectivity index (χ0n) is 14.5. The number of rotatable bonds is 7. The summed E-state index contributed by atoms with van der Waals surface area (Å²) in [7, 11) is 0. The van der Waals surface area contributed by atoms with Crippen LogP contribution in [0.4, 0.5) is 5.69 Å². The summed E-state index contributed by atoms with van der Waals surface area (Å²) in [5.41, 5.74) is 1.25. The van der Waals surface area contributed by atoms with Crippen LogP contribution in [0.3, 0.4) is 0 Å². The molecule has 0 saturated carbocycles. The van der Waals surface area contributed by atoms with Gasteiger partial charge in [0.15, 0.2) is 0 Å². The second-order valence-corrected chi connectivity index (χ2v) is 6.10. The predicted molar refractivity (Wildman–Crippen MR) is 100 cm³/mol. The summed E-state index contributed by atoms with van der Waals surface area (Å²) >= 11 is 6.06. The quantitative estimate of drug-likeness (QED) is 0.803. The van der Waals surface area contributed by atoms with Gasteiger partial charge in [0.2, 0.25) is 0 Å². The molecule has 0 radical (unpaired) electrons. The summed E-state index contributed by atoms with van der Waals surface area (Å²) in [6, 6.07) is 8.55. The fraction of sp³-hybridized carbons (Fsp3) is 0.316. The number of benzene rings is 1. The van der Waals surface area contributed by atoms with Gasteiger partial charge < -0.3 is 10.2 Å². The molecule has 0 fully saturated rings. The molecule has 0 bridgehead atoms. The van der Waals surface area contributed by atoms with Crippen LogP contribution in [0.1, 0.15) is 47.4 Å². The lowest BCUT2D eigenvalue weighted by Gasteiger charge is -2.21. The highest BCUT2D eigenvalue weighted by Gasteiger charge is 2.17. The minimum absolute atomic E-state index is 0.108. The van der Waals surface area contributed by atoms with E-state index in [9.17, 15) is 9.59 Å². The summed E-state index contributed by atoms with van der Waals surface area (Å²) in [5, 5.41) is 3.19. The van der Waals surface area contributed by atoms with Gasteiger partial charge in [0.25, 0.3) is 11.8 Å². The number of para-hydroxylation sites is 1. The molecule has 0 spiro atoms. The fourth-order valence-electron chi connectivity index (χ4n) is 2.48. The van der Waals surface area contributed by atoms with Crippen molar-refractivity contribution in [3.05, 3.63) is 58.9 Å². The Kier molecular flexibility index (Phi) is 6.95. The molecule has 0 atom stereocenters. The van der Waals surface area contributed by atoms with Gasteiger partial charge in [-0.15, -0.1) is 0 Å². The first-order valence-corrected chi connectivity index (χ1v) is 8.74. The normalized spacial score (nSPS) is 10.4. The Hall–Kier alpha value is -2.40.